The second-order valence-electron chi connectivity index (χ2n) is 10.3. The summed E-state index contributed by atoms with van der Waals surface area (Å²) in [5.41, 5.74) is 3.41. The first-order valence-electron chi connectivity index (χ1n) is 15.0. The van der Waals surface area contributed by atoms with E-state index in [0.29, 0.717) is 5.92 Å². The number of rotatable bonds is 14. The molecule has 0 spiro atoms. The van der Waals surface area contributed by atoms with Crippen LogP contribution in [0.3, 0.4) is 0 Å². The highest BCUT2D eigenvalue weighted by Gasteiger charge is 2.21. The second kappa shape index (κ2) is 19.2. The van der Waals surface area contributed by atoms with E-state index in [2.05, 4.69) is 77.3 Å². The lowest BCUT2D eigenvalue weighted by atomic mass is 9.98. The molecule has 1 fully saturated rings. The molecular weight excluding hydrogens is 488 g/mol. The minimum absolute atomic E-state index is 0.268. The lowest BCUT2D eigenvalue weighted by Crippen LogP contribution is -2.19. The van der Waals surface area contributed by atoms with Crippen LogP contribution in [0.25, 0.3) is 10.6 Å². The van der Waals surface area contributed by atoms with Crippen LogP contribution in [0.4, 0.5) is 11.6 Å². The molecule has 1 aliphatic carbocycles. The number of unbranched alkanes of at least 4 members (excludes halogenated alkanes) is 1. The number of aryl methyl sites for hydroxylation is 3. The van der Waals surface area contributed by atoms with Crippen LogP contribution in [0, 0.1) is 32.6 Å². The molecule has 0 aromatic carbocycles. The van der Waals surface area contributed by atoms with Crippen molar-refractivity contribution in [1.29, 1.82) is 0 Å². The fourth-order valence-electron chi connectivity index (χ4n) is 4.08. The van der Waals surface area contributed by atoms with Crippen molar-refractivity contribution in [1.82, 2.24) is 9.97 Å². The van der Waals surface area contributed by atoms with Gasteiger partial charge in [0.25, 0.3) is 0 Å². The molecule has 0 aliphatic heterocycles. The number of thiazole rings is 1. The first kappa shape index (κ1) is 34.1. The van der Waals surface area contributed by atoms with E-state index in [0.717, 1.165) is 59.6 Å². The zero-order chi connectivity index (χ0) is 28.5. The molecule has 0 amide bonds. The Kier molecular flexibility index (Phi) is 17.2. The van der Waals surface area contributed by atoms with E-state index in [1.165, 1.54) is 42.5 Å². The summed E-state index contributed by atoms with van der Waals surface area (Å²) in [4.78, 5) is 11.0. The normalized spacial score (nSPS) is 14.3. The van der Waals surface area contributed by atoms with E-state index in [-0.39, 0.29) is 12.6 Å². The molecular formula is C32H56N4OS. The third kappa shape index (κ3) is 12.3. The summed E-state index contributed by atoms with van der Waals surface area (Å²) in [6.07, 6.45) is 13.8. The molecule has 3 rings (SSSR count). The van der Waals surface area contributed by atoms with E-state index < -0.39 is 0 Å². The number of hydrogen-bond donors (Lipinski definition) is 3. The fourth-order valence-corrected chi connectivity index (χ4v) is 5.10. The minimum atomic E-state index is 0.268. The van der Waals surface area contributed by atoms with E-state index >= 15 is 0 Å². The number of aliphatic hydroxyl groups is 1. The zero-order valence-corrected chi connectivity index (χ0v) is 26.6. The van der Waals surface area contributed by atoms with Gasteiger partial charge in [0.15, 0.2) is 0 Å². The van der Waals surface area contributed by atoms with Gasteiger partial charge in [-0.15, -0.1) is 11.3 Å². The summed E-state index contributed by atoms with van der Waals surface area (Å²) < 4.78 is 0. The molecule has 2 heterocycles. The molecule has 0 saturated heterocycles. The predicted octanol–water partition coefficient (Wildman–Crippen LogP) is 9.33. The minimum Gasteiger partial charge on any atom is -0.396 e. The lowest BCUT2D eigenvalue weighted by molar-refractivity contribution is 0.211. The van der Waals surface area contributed by atoms with Gasteiger partial charge in [-0.1, -0.05) is 65.5 Å². The summed E-state index contributed by atoms with van der Waals surface area (Å²) in [6.45, 7) is 20.2. The van der Waals surface area contributed by atoms with Gasteiger partial charge in [0.1, 0.15) is 16.6 Å². The predicted molar refractivity (Wildman–Crippen MR) is 170 cm³/mol. The largest absolute Gasteiger partial charge is 0.396 e. The molecule has 2 aromatic heterocycles. The maximum absolute atomic E-state index is 9.50. The van der Waals surface area contributed by atoms with Crippen molar-refractivity contribution < 1.29 is 5.11 Å². The third-order valence-corrected chi connectivity index (χ3v) is 8.02. The summed E-state index contributed by atoms with van der Waals surface area (Å²) in [5, 5.41) is 17.7. The number of anilines is 2. The monoisotopic (exact) mass is 544 g/mol. The van der Waals surface area contributed by atoms with Crippen molar-refractivity contribution in [3.8, 4) is 10.6 Å². The van der Waals surface area contributed by atoms with E-state index in [1.54, 1.807) is 11.3 Å². The molecule has 3 N–H and O–H groups in total. The van der Waals surface area contributed by atoms with Gasteiger partial charge < -0.3 is 15.7 Å². The quantitative estimate of drug-likeness (QED) is 0.207. The van der Waals surface area contributed by atoms with Gasteiger partial charge in [-0.05, 0) is 83.8 Å². The third-order valence-electron chi connectivity index (χ3n) is 6.93. The Labute approximate surface area is 238 Å². The average molecular weight is 545 g/mol. The van der Waals surface area contributed by atoms with Crippen LogP contribution in [0.5, 0.6) is 0 Å². The van der Waals surface area contributed by atoms with Crippen molar-refractivity contribution in [3.05, 3.63) is 34.4 Å². The van der Waals surface area contributed by atoms with Crippen LogP contribution < -0.4 is 10.6 Å². The van der Waals surface area contributed by atoms with Gasteiger partial charge in [-0.25, -0.2) is 9.97 Å². The Balaban J connectivity index is 0.000000795. The smallest absolute Gasteiger partial charge is 0.139 e. The lowest BCUT2D eigenvalue weighted by Gasteiger charge is -2.21. The van der Waals surface area contributed by atoms with Crippen molar-refractivity contribution in [2.24, 2.45) is 11.8 Å². The zero-order valence-electron chi connectivity index (χ0n) is 25.8. The molecule has 0 radical (unpaired) electrons. The van der Waals surface area contributed by atoms with E-state index in [1.807, 2.05) is 13.8 Å². The number of nitrogens with zero attached hydrogens (tertiary/aromatic N) is 2. The van der Waals surface area contributed by atoms with Crippen LogP contribution in [0.2, 0.25) is 0 Å². The summed E-state index contributed by atoms with van der Waals surface area (Å²) >= 11 is 1.74. The van der Waals surface area contributed by atoms with Crippen molar-refractivity contribution in [2.45, 2.75) is 120 Å². The summed E-state index contributed by atoms with van der Waals surface area (Å²) in [6, 6.07) is 2.43. The van der Waals surface area contributed by atoms with Crippen LogP contribution >= 0.6 is 11.3 Å². The Morgan fingerprint density at radius 3 is 2.34 bits per heavy atom. The molecule has 5 nitrogen and oxygen atoms in total. The molecule has 2 atom stereocenters. The molecule has 6 heteroatoms. The Bertz CT molecular complexity index is 912. The second-order valence-corrected chi connectivity index (χ2v) is 11.5. The van der Waals surface area contributed by atoms with Gasteiger partial charge in [0.05, 0.1) is 11.3 Å². The molecule has 0 bridgehead atoms. The highest BCUT2D eigenvalue weighted by Crippen LogP contribution is 2.37. The average Bonchev–Trinajstić information content (AvgIpc) is 3.67. The number of allylic oxidation sites excluding steroid dienone is 2. The molecule has 38 heavy (non-hydrogen) atoms. The van der Waals surface area contributed by atoms with Gasteiger partial charge in [0.2, 0.25) is 0 Å². The Hall–Kier alpha value is -1.92. The maximum Gasteiger partial charge on any atom is 0.139 e. The first-order chi connectivity index (χ1) is 18.3. The first-order valence-corrected chi connectivity index (χ1v) is 15.8. The standard InChI is InChI=1S/C24H38N4OS.C6H12.C2H6/c1-6-19(14-29)8-7-16(3)26-23-22(24-27-17(4)18(5)30-24)15(2)13-21(28-23)25-12-11-20-9-10-20;1-3-5-6-4-2;1-2/h13,16,19-20,29H,6-12,14H2,1-5H3,(H2,25,26,28);3,5H,4,6H2,1-2H3;1-2H3/b;5-3-;/t16-,19+;;/m1../s1. The maximum atomic E-state index is 9.50. The molecule has 2 aromatic rings. The highest BCUT2D eigenvalue weighted by atomic mass is 32.1. The molecule has 1 aliphatic rings. The van der Waals surface area contributed by atoms with Crippen molar-refractivity contribution in [2.75, 3.05) is 23.8 Å². The van der Waals surface area contributed by atoms with Gasteiger partial charge in [0, 0.05) is 24.1 Å². The highest BCUT2D eigenvalue weighted by molar-refractivity contribution is 7.15. The number of aromatic nitrogens is 2. The molecule has 0 unspecified atom stereocenters. The van der Waals surface area contributed by atoms with E-state index in [9.17, 15) is 5.11 Å². The Morgan fingerprint density at radius 2 is 1.84 bits per heavy atom. The summed E-state index contributed by atoms with van der Waals surface area (Å²) in [7, 11) is 0. The fraction of sp³-hybridized carbons (Fsp3) is 0.688. The van der Waals surface area contributed by atoms with Crippen LogP contribution in [0.15, 0.2) is 18.2 Å². The number of pyridine rings is 1. The van der Waals surface area contributed by atoms with E-state index in [4.69, 9.17) is 9.97 Å². The van der Waals surface area contributed by atoms with Crippen molar-refractivity contribution >= 4 is 23.0 Å². The molecule has 1 saturated carbocycles. The van der Waals surface area contributed by atoms with Crippen LogP contribution in [0.1, 0.15) is 109 Å². The molecule has 216 valence electrons. The topological polar surface area (TPSA) is 70.1 Å². The number of hydrogen-bond acceptors (Lipinski definition) is 6. The van der Waals surface area contributed by atoms with Crippen molar-refractivity contribution in [3.63, 3.8) is 0 Å². The number of aliphatic hydroxyl groups excluding tert-OH is 1. The van der Waals surface area contributed by atoms with Gasteiger partial charge >= 0.3 is 0 Å². The SMILES string of the molecule is C/C=C\CCC.CC.CC[C@H](CO)CC[C@@H](C)Nc1nc(NCCC2CC2)cc(C)c1-c1nc(C)c(C)s1. The van der Waals surface area contributed by atoms with Gasteiger partial charge in [-0.2, -0.15) is 0 Å². The summed E-state index contributed by atoms with van der Waals surface area (Å²) in [5.74, 6) is 3.15. The van der Waals surface area contributed by atoms with Crippen LogP contribution in [-0.4, -0.2) is 34.3 Å². The van der Waals surface area contributed by atoms with Gasteiger partial charge in [-0.3, -0.25) is 0 Å². The van der Waals surface area contributed by atoms with Crippen LogP contribution in [-0.2, 0) is 0 Å². The number of nitrogens with one attached hydrogen (secondary N) is 2. The Morgan fingerprint density at radius 1 is 1.13 bits per heavy atom.